The zero-order valence-corrected chi connectivity index (χ0v) is 36.9. The van der Waals surface area contributed by atoms with E-state index in [1.165, 1.54) is 103 Å². The third-order valence-corrected chi connectivity index (χ3v) is 12.6. The van der Waals surface area contributed by atoms with E-state index in [2.05, 4.69) is 42.9 Å². The Balaban J connectivity index is 1.91. The first-order chi connectivity index (χ1) is 26.9. The summed E-state index contributed by atoms with van der Waals surface area (Å²) in [5.41, 5.74) is 0. The molecule has 2 atom stereocenters. The summed E-state index contributed by atoms with van der Waals surface area (Å²) in [6.07, 6.45) is 33.4. The van der Waals surface area contributed by atoms with Gasteiger partial charge in [0, 0.05) is 58.2 Å². The largest absolute Gasteiger partial charge is 0.465 e. The minimum atomic E-state index is -0.383. The van der Waals surface area contributed by atoms with E-state index in [1.54, 1.807) is 0 Å². The molecule has 1 aliphatic heterocycles. The number of esters is 1. The fourth-order valence-electron chi connectivity index (χ4n) is 8.50. The zero-order valence-electron chi connectivity index (χ0n) is 36.9. The van der Waals surface area contributed by atoms with Crippen molar-refractivity contribution < 1.29 is 19.1 Å². The maximum Gasteiger partial charge on any atom is 0.305 e. The van der Waals surface area contributed by atoms with Gasteiger partial charge < -0.3 is 19.9 Å². The molecule has 1 saturated heterocycles. The average molecular weight is 775 g/mol. The minimum absolute atomic E-state index is 0.0672. The summed E-state index contributed by atoms with van der Waals surface area (Å²) in [6, 6.07) is -0.146. The van der Waals surface area contributed by atoms with Crippen LogP contribution in [0.15, 0.2) is 0 Å². The molecule has 0 radical (unpaired) electrons. The first kappa shape index (κ1) is 49.5. The maximum atomic E-state index is 14.2. The van der Waals surface area contributed by atoms with Gasteiger partial charge >= 0.3 is 5.97 Å². The van der Waals surface area contributed by atoms with Gasteiger partial charge in [-0.1, -0.05) is 162 Å². The number of nitrogens with zero attached hydrogens (tertiary/aromatic N) is 3. The molecule has 0 spiro atoms. The number of carbonyl (C=O) groups is 3. The van der Waals surface area contributed by atoms with Crippen molar-refractivity contribution in [3.8, 4) is 0 Å². The molecule has 1 N–H and O–H groups in total. The number of amides is 2. The molecule has 8 heteroatoms. The van der Waals surface area contributed by atoms with Gasteiger partial charge in [-0.2, -0.15) is 0 Å². The molecule has 2 rings (SSSR count). The Bertz CT molecular complexity index is 947. The van der Waals surface area contributed by atoms with Crippen molar-refractivity contribution in [1.29, 1.82) is 0 Å². The molecule has 2 amide bonds. The summed E-state index contributed by atoms with van der Waals surface area (Å²) >= 11 is 0. The van der Waals surface area contributed by atoms with Crippen molar-refractivity contribution >= 4 is 17.8 Å². The smallest absolute Gasteiger partial charge is 0.305 e. The zero-order chi connectivity index (χ0) is 39.8. The fraction of sp³-hybridized carbons (Fsp3) is 0.936. The summed E-state index contributed by atoms with van der Waals surface area (Å²) in [6.45, 7) is 12.8. The Hall–Kier alpha value is -1.67. The quantitative estimate of drug-likeness (QED) is 0.0406. The van der Waals surface area contributed by atoms with Crippen LogP contribution in [0.1, 0.15) is 213 Å². The third kappa shape index (κ3) is 24.7. The molecule has 2 fully saturated rings. The Labute approximate surface area is 340 Å². The van der Waals surface area contributed by atoms with Crippen LogP contribution < -0.4 is 5.32 Å². The highest BCUT2D eigenvalue weighted by Gasteiger charge is 2.31. The van der Waals surface area contributed by atoms with E-state index in [-0.39, 0.29) is 29.9 Å². The third-order valence-electron chi connectivity index (χ3n) is 12.6. The SMILES string of the molecule is CCCCCCCCCCCCCCC(C(=O)NC1CCCCCC1)N(CCN1CCN(C)CC1)C(=O)CCCCCCCC(=O)OCC(CC)CCCC. The first-order valence-corrected chi connectivity index (χ1v) is 24.0. The molecule has 1 heterocycles. The van der Waals surface area contributed by atoms with Crippen LogP contribution in [0.25, 0.3) is 0 Å². The van der Waals surface area contributed by atoms with Gasteiger partial charge in [0.2, 0.25) is 11.8 Å². The number of hydrogen-bond donors (Lipinski definition) is 1. The average Bonchev–Trinajstić information content (AvgIpc) is 3.46. The van der Waals surface area contributed by atoms with E-state index >= 15 is 0 Å². The summed E-state index contributed by atoms with van der Waals surface area (Å²) in [7, 11) is 2.18. The van der Waals surface area contributed by atoms with Crippen molar-refractivity contribution in [3.05, 3.63) is 0 Å². The van der Waals surface area contributed by atoms with Gasteiger partial charge in [-0.3, -0.25) is 19.3 Å². The molecular weight excluding hydrogens is 685 g/mol. The predicted molar refractivity (Wildman–Crippen MR) is 231 cm³/mol. The van der Waals surface area contributed by atoms with E-state index in [9.17, 15) is 14.4 Å². The normalized spacial score (nSPS) is 17.1. The van der Waals surface area contributed by atoms with Crippen molar-refractivity contribution in [3.63, 3.8) is 0 Å². The number of unbranched alkanes of at least 4 members (excludes halogenated alkanes) is 16. The summed E-state index contributed by atoms with van der Waals surface area (Å²) < 4.78 is 5.59. The summed E-state index contributed by atoms with van der Waals surface area (Å²) in [4.78, 5) is 47.5. The molecule has 2 aliphatic rings. The number of hydrogen-bond acceptors (Lipinski definition) is 6. The highest BCUT2D eigenvalue weighted by atomic mass is 16.5. The Morgan fingerprint density at radius 3 is 1.78 bits per heavy atom. The number of piperazine rings is 1. The van der Waals surface area contributed by atoms with Crippen molar-refractivity contribution in [2.45, 2.75) is 225 Å². The molecule has 1 saturated carbocycles. The second kappa shape index (κ2) is 33.3. The molecular formula is C47H90N4O4. The lowest BCUT2D eigenvalue weighted by molar-refractivity contribution is -0.145. The number of ether oxygens (including phenoxy) is 1. The lowest BCUT2D eigenvalue weighted by atomic mass is 10.0. The summed E-state index contributed by atoms with van der Waals surface area (Å²) in [5.74, 6) is 0.646. The molecule has 0 aromatic heterocycles. The highest BCUT2D eigenvalue weighted by molar-refractivity contribution is 5.87. The Morgan fingerprint density at radius 2 is 1.20 bits per heavy atom. The van der Waals surface area contributed by atoms with Gasteiger partial charge in [0.1, 0.15) is 6.04 Å². The molecule has 1 aliphatic carbocycles. The van der Waals surface area contributed by atoms with Crippen LogP contribution in [0.2, 0.25) is 0 Å². The molecule has 0 bridgehead atoms. The predicted octanol–water partition coefficient (Wildman–Crippen LogP) is 10.9. The van der Waals surface area contributed by atoms with Crippen molar-refractivity contribution in [2.24, 2.45) is 5.92 Å². The van der Waals surface area contributed by atoms with E-state index in [0.717, 1.165) is 110 Å². The lowest BCUT2D eigenvalue weighted by Crippen LogP contribution is -2.54. The van der Waals surface area contributed by atoms with Gasteiger partial charge in [0.25, 0.3) is 0 Å². The molecule has 322 valence electrons. The van der Waals surface area contributed by atoms with Crippen molar-refractivity contribution in [1.82, 2.24) is 20.0 Å². The second-order valence-electron chi connectivity index (χ2n) is 17.5. The number of carbonyl (C=O) groups excluding carboxylic acids is 3. The van der Waals surface area contributed by atoms with E-state index < -0.39 is 0 Å². The first-order valence-electron chi connectivity index (χ1n) is 24.0. The van der Waals surface area contributed by atoms with Crippen LogP contribution in [-0.2, 0) is 19.1 Å². The molecule has 2 unspecified atom stereocenters. The van der Waals surface area contributed by atoms with Gasteiger partial charge in [-0.05, 0) is 51.5 Å². The minimum Gasteiger partial charge on any atom is -0.465 e. The van der Waals surface area contributed by atoms with Gasteiger partial charge in [0.15, 0.2) is 0 Å². The van der Waals surface area contributed by atoms with Crippen LogP contribution in [-0.4, -0.2) is 97.5 Å². The number of likely N-dealkylation sites (N-methyl/N-ethyl adjacent to an activating group) is 1. The molecule has 0 aromatic rings. The monoisotopic (exact) mass is 775 g/mol. The lowest BCUT2D eigenvalue weighted by Gasteiger charge is -2.36. The topological polar surface area (TPSA) is 82.2 Å². The number of nitrogens with one attached hydrogen (secondary N) is 1. The van der Waals surface area contributed by atoms with Crippen LogP contribution >= 0.6 is 0 Å². The van der Waals surface area contributed by atoms with Crippen LogP contribution in [0.5, 0.6) is 0 Å². The Morgan fingerprint density at radius 1 is 0.655 bits per heavy atom. The van der Waals surface area contributed by atoms with E-state index in [4.69, 9.17) is 4.74 Å². The molecule has 0 aromatic carbocycles. The maximum absolute atomic E-state index is 14.2. The molecule has 55 heavy (non-hydrogen) atoms. The number of rotatable bonds is 33. The van der Waals surface area contributed by atoms with Crippen LogP contribution in [0.4, 0.5) is 0 Å². The van der Waals surface area contributed by atoms with Crippen LogP contribution in [0, 0.1) is 5.92 Å². The van der Waals surface area contributed by atoms with Gasteiger partial charge in [-0.25, -0.2) is 0 Å². The molecule has 8 nitrogen and oxygen atoms in total. The second-order valence-corrected chi connectivity index (χ2v) is 17.5. The summed E-state index contributed by atoms with van der Waals surface area (Å²) in [5, 5.41) is 3.47. The van der Waals surface area contributed by atoms with Crippen LogP contribution in [0.3, 0.4) is 0 Å². The highest BCUT2D eigenvalue weighted by Crippen LogP contribution is 2.21. The van der Waals surface area contributed by atoms with E-state index in [0.29, 0.717) is 31.9 Å². The Kier molecular flexibility index (Phi) is 30.0. The van der Waals surface area contributed by atoms with Gasteiger partial charge in [-0.15, -0.1) is 0 Å². The fourth-order valence-corrected chi connectivity index (χ4v) is 8.50. The van der Waals surface area contributed by atoms with E-state index in [1.807, 2.05) is 4.90 Å². The van der Waals surface area contributed by atoms with Crippen molar-refractivity contribution in [2.75, 3.05) is 52.9 Å². The van der Waals surface area contributed by atoms with Gasteiger partial charge in [0.05, 0.1) is 6.61 Å². The standard InChI is InChI=1S/C47H90N4O4/c1-5-8-10-11-12-13-14-15-16-17-19-26-32-44(47(54)48-43-30-24-22-23-25-31-43)51(40-39-50-37-35-49(4)36-38-50)45(52)33-27-20-18-21-28-34-46(53)55-41-42(7-3)29-9-6-2/h42-44H,5-41H2,1-4H3,(H,48,54).